The summed E-state index contributed by atoms with van der Waals surface area (Å²) in [6.45, 7) is 2.63. The molecule has 0 spiro atoms. The van der Waals surface area contributed by atoms with Crippen molar-refractivity contribution in [3.8, 4) is 11.5 Å². The van der Waals surface area contributed by atoms with Crippen LogP contribution in [0, 0.1) is 0 Å². The summed E-state index contributed by atoms with van der Waals surface area (Å²) in [6.07, 6.45) is 0.987. The van der Waals surface area contributed by atoms with Crippen LogP contribution in [0.4, 0.5) is 0 Å². The second kappa shape index (κ2) is 9.27. The number of hydrogen-bond acceptors (Lipinski definition) is 6. The van der Waals surface area contributed by atoms with Crippen molar-refractivity contribution in [2.24, 2.45) is 0 Å². The van der Waals surface area contributed by atoms with Crippen LogP contribution < -0.4 is 9.47 Å². The maximum Gasteiger partial charge on any atom is 0.267 e. The summed E-state index contributed by atoms with van der Waals surface area (Å²) in [5, 5.41) is 0. The molecule has 0 saturated carbocycles. The number of piperazine rings is 1. The van der Waals surface area contributed by atoms with Gasteiger partial charge in [0.2, 0.25) is 16.1 Å². The first kappa shape index (κ1) is 22.7. The summed E-state index contributed by atoms with van der Waals surface area (Å²) >= 11 is 0. The maximum atomic E-state index is 13.1. The fourth-order valence-corrected chi connectivity index (χ4v) is 6.09. The summed E-state index contributed by atoms with van der Waals surface area (Å²) in [4.78, 5) is 29.5. The third-order valence-corrected chi connectivity index (χ3v) is 8.34. The molecule has 2 aromatic carbocycles. The number of nitrogens with zero attached hydrogens (tertiary/aromatic N) is 3. The molecule has 0 N–H and O–H groups in total. The molecular weight excluding hydrogens is 458 g/mol. The Morgan fingerprint density at radius 3 is 2.24 bits per heavy atom. The van der Waals surface area contributed by atoms with Crippen LogP contribution in [0.1, 0.15) is 23.2 Å². The Labute approximate surface area is 198 Å². The van der Waals surface area contributed by atoms with Gasteiger partial charge in [0, 0.05) is 44.8 Å². The molecule has 0 aromatic heterocycles. The van der Waals surface area contributed by atoms with Crippen LogP contribution in [0.2, 0.25) is 0 Å². The molecule has 34 heavy (non-hydrogen) atoms. The molecule has 3 aliphatic rings. The molecule has 5 rings (SSSR count). The number of ether oxygens (including phenoxy) is 2. The van der Waals surface area contributed by atoms with Crippen LogP contribution in [-0.4, -0.2) is 86.3 Å². The highest BCUT2D eigenvalue weighted by Gasteiger charge is 2.34. The van der Waals surface area contributed by atoms with Crippen molar-refractivity contribution in [1.29, 1.82) is 0 Å². The van der Waals surface area contributed by atoms with Gasteiger partial charge in [-0.25, -0.2) is 8.42 Å². The number of rotatable bonds is 4. The van der Waals surface area contributed by atoms with Gasteiger partial charge in [-0.1, -0.05) is 18.2 Å². The fourth-order valence-electron chi connectivity index (χ4n) is 4.52. The minimum Gasteiger partial charge on any atom is -0.485 e. The average Bonchev–Trinajstić information content (AvgIpc) is 3.44. The monoisotopic (exact) mass is 485 g/mol. The highest BCUT2D eigenvalue weighted by atomic mass is 32.2. The third kappa shape index (κ3) is 4.35. The molecular formula is C24H27N3O6S. The number of hydrogen-bond donors (Lipinski definition) is 0. The second-order valence-corrected chi connectivity index (χ2v) is 10.6. The fraction of sp³-hybridized carbons (Fsp3) is 0.417. The maximum absolute atomic E-state index is 13.1. The Balaban J connectivity index is 1.21. The zero-order valence-electron chi connectivity index (χ0n) is 18.8. The molecule has 0 unspecified atom stereocenters. The van der Waals surface area contributed by atoms with E-state index in [9.17, 15) is 18.0 Å². The molecule has 2 aromatic rings. The van der Waals surface area contributed by atoms with E-state index in [1.54, 1.807) is 34.1 Å². The Hall–Kier alpha value is -3.11. The summed E-state index contributed by atoms with van der Waals surface area (Å²) in [5.74, 6) is 0.762. The Morgan fingerprint density at radius 2 is 1.50 bits per heavy atom. The standard InChI is InChI=1S/C24H27N3O6S/c28-23(18-6-5-7-19(16-18)34(30,31)27-10-3-4-11-27)25-12-14-26(15-13-25)24(29)22-17-32-20-8-1-2-9-21(20)33-22/h1-2,5-9,16,22H,3-4,10-15,17H2/t22-/m1/s1. The van der Waals surface area contributed by atoms with Crippen LogP contribution in [0.25, 0.3) is 0 Å². The molecule has 0 aliphatic carbocycles. The van der Waals surface area contributed by atoms with Crippen molar-refractivity contribution in [2.45, 2.75) is 23.8 Å². The van der Waals surface area contributed by atoms with Crippen LogP contribution >= 0.6 is 0 Å². The van der Waals surface area contributed by atoms with Gasteiger partial charge >= 0.3 is 0 Å². The number of carbonyl (C=O) groups is 2. The topological polar surface area (TPSA) is 96.5 Å². The van der Waals surface area contributed by atoms with Gasteiger partial charge in [0.1, 0.15) is 6.61 Å². The van der Waals surface area contributed by atoms with E-state index >= 15 is 0 Å². The Bertz CT molecular complexity index is 1190. The number of fused-ring (bicyclic) bond motifs is 1. The summed E-state index contributed by atoms with van der Waals surface area (Å²) in [5.41, 5.74) is 0.334. The lowest BCUT2D eigenvalue weighted by Crippen LogP contribution is -2.55. The van der Waals surface area contributed by atoms with E-state index in [1.807, 2.05) is 12.1 Å². The molecule has 2 fully saturated rings. The van der Waals surface area contributed by atoms with Crippen molar-refractivity contribution in [3.05, 3.63) is 54.1 Å². The lowest BCUT2D eigenvalue weighted by Gasteiger charge is -2.37. The van der Waals surface area contributed by atoms with Crippen LogP contribution in [-0.2, 0) is 14.8 Å². The molecule has 1 atom stereocenters. The van der Waals surface area contributed by atoms with Crippen LogP contribution in [0.3, 0.4) is 0 Å². The SMILES string of the molecule is O=C(c1cccc(S(=O)(=O)N2CCCC2)c1)N1CCN(C(=O)[C@H]2COc3ccccc3O2)CC1. The zero-order valence-corrected chi connectivity index (χ0v) is 19.6. The number of amides is 2. The third-order valence-electron chi connectivity index (χ3n) is 6.45. The number of carbonyl (C=O) groups excluding carboxylic acids is 2. The summed E-state index contributed by atoms with van der Waals surface area (Å²) in [6, 6.07) is 13.5. The molecule has 0 bridgehead atoms. The van der Waals surface area contributed by atoms with Gasteiger partial charge in [-0.15, -0.1) is 0 Å². The lowest BCUT2D eigenvalue weighted by molar-refractivity contribution is -0.142. The average molecular weight is 486 g/mol. The minimum absolute atomic E-state index is 0.142. The number of benzene rings is 2. The Morgan fingerprint density at radius 1 is 0.824 bits per heavy atom. The quantitative estimate of drug-likeness (QED) is 0.653. The summed E-state index contributed by atoms with van der Waals surface area (Å²) in [7, 11) is -3.60. The van der Waals surface area contributed by atoms with Crippen molar-refractivity contribution in [3.63, 3.8) is 0 Å². The van der Waals surface area contributed by atoms with Crippen molar-refractivity contribution in [2.75, 3.05) is 45.9 Å². The van der Waals surface area contributed by atoms with E-state index < -0.39 is 16.1 Å². The molecule has 9 nitrogen and oxygen atoms in total. The zero-order chi connectivity index (χ0) is 23.7. The first-order chi connectivity index (χ1) is 16.4. The van der Waals surface area contributed by atoms with E-state index in [0.29, 0.717) is 56.3 Å². The van der Waals surface area contributed by atoms with Gasteiger partial charge in [0.15, 0.2) is 11.5 Å². The predicted octanol–water partition coefficient (Wildman–Crippen LogP) is 1.60. The van der Waals surface area contributed by atoms with Crippen LogP contribution in [0.5, 0.6) is 11.5 Å². The normalized spacial score (nSPS) is 20.9. The van der Waals surface area contributed by atoms with Crippen molar-refractivity contribution >= 4 is 21.8 Å². The highest BCUT2D eigenvalue weighted by molar-refractivity contribution is 7.89. The van der Waals surface area contributed by atoms with E-state index in [2.05, 4.69) is 0 Å². The van der Waals surface area contributed by atoms with Crippen molar-refractivity contribution < 1.29 is 27.5 Å². The molecule has 2 amide bonds. The molecule has 3 aliphatic heterocycles. The van der Waals surface area contributed by atoms with Gasteiger partial charge in [0.05, 0.1) is 4.90 Å². The highest BCUT2D eigenvalue weighted by Crippen LogP contribution is 2.31. The van der Waals surface area contributed by atoms with Gasteiger partial charge in [0.25, 0.3) is 11.8 Å². The van der Waals surface area contributed by atoms with Crippen molar-refractivity contribution in [1.82, 2.24) is 14.1 Å². The summed E-state index contributed by atoms with van der Waals surface area (Å²) < 4.78 is 38.7. The molecule has 3 heterocycles. The molecule has 2 saturated heterocycles. The first-order valence-electron chi connectivity index (χ1n) is 11.5. The smallest absolute Gasteiger partial charge is 0.267 e. The van der Waals surface area contributed by atoms with Crippen LogP contribution in [0.15, 0.2) is 53.4 Å². The van der Waals surface area contributed by atoms with E-state index in [0.717, 1.165) is 12.8 Å². The minimum atomic E-state index is -3.60. The van der Waals surface area contributed by atoms with E-state index in [1.165, 1.54) is 16.4 Å². The lowest BCUT2D eigenvalue weighted by atomic mass is 10.1. The Kier molecular flexibility index (Phi) is 6.18. The van der Waals surface area contributed by atoms with Gasteiger partial charge < -0.3 is 19.3 Å². The van der Waals surface area contributed by atoms with E-state index in [-0.39, 0.29) is 23.3 Å². The molecule has 10 heteroatoms. The van der Waals surface area contributed by atoms with Gasteiger partial charge in [-0.2, -0.15) is 4.31 Å². The number of sulfonamides is 1. The van der Waals surface area contributed by atoms with Gasteiger partial charge in [-0.05, 0) is 43.2 Å². The van der Waals surface area contributed by atoms with E-state index in [4.69, 9.17) is 9.47 Å². The first-order valence-corrected chi connectivity index (χ1v) is 12.9. The molecule has 0 radical (unpaired) electrons. The second-order valence-electron chi connectivity index (χ2n) is 8.62. The number of para-hydroxylation sites is 2. The largest absolute Gasteiger partial charge is 0.485 e. The molecule has 180 valence electrons. The van der Waals surface area contributed by atoms with Gasteiger partial charge in [-0.3, -0.25) is 9.59 Å². The predicted molar refractivity (Wildman–Crippen MR) is 123 cm³/mol.